The number of halogens is 1. The fourth-order valence-electron chi connectivity index (χ4n) is 2.53. The van der Waals surface area contributed by atoms with Gasteiger partial charge in [-0.3, -0.25) is 4.79 Å². The number of amides is 1. The fraction of sp³-hybridized carbons (Fsp3) is 0.278. The van der Waals surface area contributed by atoms with E-state index < -0.39 is 6.10 Å². The Morgan fingerprint density at radius 3 is 2.72 bits per heavy atom. The SMILES string of the molecule is Nc1ccc(CC(=O)NCC(O)c2cc(Cl)c3c(c2)OCCO3)cc1. The summed E-state index contributed by atoms with van der Waals surface area (Å²) < 4.78 is 10.9. The van der Waals surface area contributed by atoms with Crippen molar-refractivity contribution in [3.8, 4) is 11.5 Å². The Bertz CT molecular complexity index is 764. The van der Waals surface area contributed by atoms with E-state index in [9.17, 15) is 9.90 Å². The molecule has 2 aromatic carbocycles. The van der Waals surface area contributed by atoms with Crippen LogP contribution in [0.3, 0.4) is 0 Å². The molecule has 6 nitrogen and oxygen atoms in total. The van der Waals surface area contributed by atoms with E-state index in [1.54, 1.807) is 36.4 Å². The number of aliphatic hydroxyl groups excluding tert-OH is 1. The molecule has 0 aromatic heterocycles. The number of carbonyl (C=O) groups is 1. The maximum absolute atomic E-state index is 12.0. The third-order valence-electron chi connectivity index (χ3n) is 3.84. The normalized spacial score (nSPS) is 14.0. The number of hydrogen-bond acceptors (Lipinski definition) is 5. The highest BCUT2D eigenvalue weighted by Gasteiger charge is 2.19. The van der Waals surface area contributed by atoms with E-state index in [-0.39, 0.29) is 18.9 Å². The molecular weight excluding hydrogens is 344 g/mol. The molecule has 0 fully saturated rings. The Kier molecular flexibility index (Phi) is 5.31. The first-order chi connectivity index (χ1) is 12.0. The lowest BCUT2D eigenvalue weighted by molar-refractivity contribution is -0.120. The van der Waals surface area contributed by atoms with Crippen LogP contribution in [0.25, 0.3) is 0 Å². The Morgan fingerprint density at radius 2 is 1.96 bits per heavy atom. The third-order valence-corrected chi connectivity index (χ3v) is 4.12. The lowest BCUT2D eigenvalue weighted by Gasteiger charge is -2.21. The van der Waals surface area contributed by atoms with Crippen molar-refractivity contribution in [1.29, 1.82) is 0 Å². The highest BCUT2D eigenvalue weighted by atomic mass is 35.5. The van der Waals surface area contributed by atoms with Gasteiger partial charge in [-0.15, -0.1) is 0 Å². The molecule has 2 aromatic rings. The Labute approximate surface area is 150 Å². The number of rotatable bonds is 5. The van der Waals surface area contributed by atoms with Gasteiger partial charge in [-0.05, 0) is 35.4 Å². The van der Waals surface area contributed by atoms with E-state index >= 15 is 0 Å². The molecule has 0 bridgehead atoms. The van der Waals surface area contributed by atoms with Crippen molar-refractivity contribution in [2.24, 2.45) is 0 Å². The van der Waals surface area contributed by atoms with Gasteiger partial charge in [-0.1, -0.05) is 23.7 Å². The van der Waals surface area contributed by atoms with E-state index in [1.807, 2.05) is 0 Å². The van der Waals surface area contributed by atoms with E-state index in [2.05, 4.69) is 5.32 Å². The first kappa shape index (κ1) is 17.4. The Balaban J connectivity index is 1.58. The summed E-state index contributed by atoms with van der Waals surface area (Å²) in [7, 11) is 0. The lowest BCUT2D eigenvalue weighted by atomic mass is 10.1. The summed E-state index contributed by atoms with van der Waals surface area (Å²) in [5, 5.41) is 13.4. The van der Waals surface area contributed by atoms with Gasteiger partial charge < -0.3 is 25.6 Å². The number of hydrogen-bond donors (Lipinski definition) is 3. The summed E-state index contributed by atoms with van der Waals surface area (Å²) in [4.78, 5) is 12.0. The van der Waals surface area contributed by atoms with Crippen LogP contribution < -0.4 is 20.5 Å². The average molecular weight is 363 g/mol. The molecule has 1 aliphatic heterocycles. The summed E-state index contributed by atoms with van der Waals surface area (Å²) in [6, 6.07) is 10.4. The smallest absolute Gasteiger partial charge is 0.224 e. The number of anilines is 1. The zero-order valence-electron chi connectivity index (χ0n) is 13.5. The Hall–Kier alpha value is -2.44. The van der Waals surface area contributed by atoms with Crippen LogP contribution in [0, 0.1) is 0 Å². The van der Waals surface area contributed by atoms with Gasteiger partial charge in [0.05, 0.1) is 17.5 Å². The molecule has 3 rings (SSSR count). The van der Waals surface area contributed by atoms with E-state index in [0.717, 1.165) is 5.56 Å². The second-order valence-electron chi connectivity index (χ2n) is 5.77. The molecule has 7 heteroatoms. The minimum absolute atomic E-state index is 0.0732. The summed E-state index contributed by atoms with van der Waals surface area (Å²) in [6.45, 7) is 0.945. The van der Waals surface area contributed by atoms with Crippen molar-refractivity contribution in [3.63, 3.8) is 0 Å². The van der Waals surface area contributed by atoms with Gasteiger partial charge in [0.2, 0.25) is 5.91 Å². The molecule has 0 aliphatic carbocycles. The summed E-state index contributed by atoms with van der Waals surface area (Å²) in [5.41, 5.74) is 7.67. The van der Waals surface area contributed by atoms with Crippen molar-refractivity contribution in [1.82, 2.24) is 5.32 Å². The predicted molar refractivity (Wildman–Crippen MR) is 95.0 cm³/mol. The topological polar surface area (TPSA) is 93.8 Å². The summed E-state index contributed by atoms with van der Waals surface area (Å²) in [6.07, 6.45) is -0.682. The van der Waals surface area contributed by atoms with Crippen LogP contribution in [0.15, 0.2) is 36.4 Å². The zero-order valence-corrected chi connectivity index (χ0v) is 14.3. The van der Waals surface area contributed by atoms with Gasteiger partial charge in [0.1, 0.15) is 13.2 Å². The van der Waals surface area contributed by atoms with Crippen LogP contribution in [0.5, 0.6) is 11.5 Å². The minimum Gasteiger partial charge on any atom is -0.486 e. The van der Waals surface area contributed by atoms with Crippen LogP contribution in [0.1, 0.15) is 17.2 Å². The van der Waals surface area contributed by atoms with Gasteiger partial charge in [0.15, 0.2) is 11.5 Å². The first-order valence-corrected chi connectivity index (χ1v) is 8.29. The molecule has 0 radical (unpaired) electrons. The minimum atomic E-state index is -0.899. The van der Waals surface area contributed by atoms with Crippen molar-refractivity contribution in [2.75, 3.05) is 25.5 Å². The molecule has 4 N–H and O–H groups in total. The van der Waals surface area contributed by atoms with Crippen LogP contribution in [0.2, 0.25) is 5.02 Å². The van der Waals surface area contributed by atoms with Crippen molar-refractivity contribution < 1.29 is 19.4 Å². The molecule has 1 aliphatic rings. The van der Waals surface area contributed by atoms with Gasteiger partial charge in [-0.25, -0.2) is 0 Å². The zero-order chi connectivity index (χ0) is 17.8. The molecule has 25 heavy (non-hydrogen) atoms. The quantitative estimate of drug-likeness (QED) is 0.708. The van der Waals surface area contributed by atoms with E-state index in [1.165, 1.54) is 0 Å². The van der Waals surface area contributed by atoms with Crippen molar-refractivity contribution in [2.45, 2.75) is 12.5 Å². The molecule has 1 atom stereocenters. The first-order valence-electron chi connectivity index (χ1n) is 7.91. The largest absolute Gasteiger partial charge is 0.486 e. The number of nitrogens with two attached hydrogens (primary N) is 1. The van der Waals surface area contributed by atoms with Gasteiger partial charge in [-0.2, -0.15) is 0 Å². The fourth-order valence-corrected chi connectivity index (χ4v) is 2.81. The number of fused-ring (bicyclic) bond motifs is 1. The molecule has 0 saturated heterocycles. The molecule has 1 unspecified atom stereocenters. The lowest BCUT2D eigenvalue weighted by Crippen LogP contribution is -2.29. The summed E-state index contributed by atoms with van der Waals surface area (Å²) >= 11 is 6.16. The van der Waals surface area contributed by atoms with Gasteiger partial charge in [0.25, 0.3) is 0 Å². The molecule has 0 saturated carbocycles. The molecule has 132 valence electrons. The van der Waals surface area contributed by atoms with Crippen molar-refractivity contribution in [3.05, 3.63) is 52.5 Å². The van der Waals surface area contributed by atoms with Crippen LogP contribution >= 0.6 is 11.6 Å². The second kappa shape index (κ2) is 7.63. The Morgan fingerprint density at radius 1 is 1.24 bits per heavy atom. The average Bonchev–Trinajstić information content (AvgIpc) is 2.61. The molecule has 1 amide bonds. The van der Waals surface area contributed by atoms with Crippen LogP contribution in [-0.4, -0.2) is 30.8 Å². The molecule has 0 spiro atoms. The number of carbonyl (C=O) groups excluding carboxylic acids is 1. The van der Waals surface area contributed by atoms with E-state index in [0.29, 0.717) is 41.0 Å². The number of nitrogens with one attached hydrogen (secondary N) is 1. The monoisotopic (exact) mass is 362 g/mol. The summed E-state index contributed by atoms with van der Waals surface area (Å²) in [5.74, 6) is 0.796. The van der Waals surface area contributed by atoms with Gasteiger partial charge >= 0.3 is 0 Å². The second-order valence-corrected chi connectivity index (χ2v) is 6.17. The van der Waals surface area contributed by atoms with E-state index in [4.69, 9.17) is 26.8 Å². The van der Waals surface area contributed by atoms with Gasteiger partial charge in [0, 0.05) is 12.2 Å². The van der Waals surface area contributed by atoms with Crippen LogP contribution in [0.4, 0.5) is 5.69 Å². The number of nitrogen functional groups attached to an aromatic ring is 1. The highest BCUT2D eigenvalue weighted by molar-refractivity contribution is 6.32. The van der Waals surface area contributed by atoms with Crippen molar-refractivity contribution >= 4 is 23.2 Å². The third kappa shape index (κ3) is 4.35. The maximum Gasteiger partial charge on any atom is 0.224 e. The molecular formula is C18H19ClN2O4. The number of benzene rings is 2. The predicted octanol–water partition coefficient (Wildman–Crippen LogP) is 2.09. The maximum atomic E-state index is 12.0. The number of ether oxygens (including phenoxy) is 2. The molecule has 1 heterocycles. The van der Waals surface area contributed by atoms with Crippen LogP contribution in [-0.2, 0) is 11.2 Å². The standard InChI is InChI=1S/C18H19ClN2O4/c19-14-8-12(9-16-18(14)25-6-5-24-16)15(22)10-21-17(23)7-11-1-3-13(20)4-2-11/h1-4,8-9,15,22H,5-7,10,20H2,(H,21,23). The highest BCUT2D eigenvalue weighted by Crippen LogP contribution is 2.39. The number of aliphatic hydroxyl groups is 1.